The summed E-state index contributed by atoms with van der Waals surface area (Å²) in [5, 5.41) is 1.28. The molecule has 1 aromatic carbocycles. The minimum Gasteiger partial charge on any atom is -0.381 e. The number of hydrogen-bond donors (Lipinski definition) is 1. The first kappa shape index (κ1) is 18.9. The highest BCUT2D eigenvalue weighted by Crippen LogP contribution is 2.37. The highest BCUT2D eigenvalue weighted by atomic mass is 35.5. The zero-order valence-electron chi connectivity index (χ0n) is 13.9. The quantitative estimate of drug-likeness (QED) is 0.687. The molecule has 2 N–H and O–H groups in total. The van der Waals surface area contributed by atoms with Crippen molar-refractivity contribution in [3.63, 3.8) is 0 Å². The van der Waals surface area contributed by atoms with Crippen molar-refractivity contribution in [2.45, 2.75) is 29.5 Å². The van der Waals surface area contributed by atoms with Crippen LogP contribution in [0.15, 0.2) is 39.4 Å². The molecule has 3 rings (SSSR count). The lowest BCUT2D eigenvalue weighted by Gasteiger charge is -2.13. The van der Waals surface area contributed by atoms with Gasteiger partial charge in [0.05, 0.1) is 41.1 Å². The van der Waals surface area contributed by atoms with Gasteiger partial charge in [0.2, 0.25) is 0 Å². The van der Waals surface area contributed by atoms with Crippen LogP contribution in [0.25, 0.3) is 10.9 Å². The number of ether oxygens (including phenoxy) is 1. The van der Waals surface area contributed by atoms with E-state index in [2.05, 4.69) is 15.0 Å². The predicted octanol–water partition coefficient (Wildman–Crippen LogP) is 3.26. The van der Waals surface area contributed by atoms with Crippen LogP contribution in [0.3, 0.4) is 0 Å². The van der Waals surface area contributed by atoms with Gasteiger partial charge in [-0.05, 0) is 19.1 Å². The molecule has 1 atom stereocenters. The average Bonchev–Trinajstić information content (AvgIpc) is 2.61. The molecule has 136 valence electrons. The number of nitrogens with two attached hydrogens (primary N) is 1. The fraction of sp³-hybridized carbons (Fsp3) is 0.250. The smallest absolute Gasteiger partial charge is 0.262 e. The second-order valence-electron chi connectivity index (χ2n) is 5.51. The summed E-state index contributed by atoms with van der Waals surface area (Å²) < 4.78 is 6.69. The number of fused-ring (bicyclic) bond motifs is 1. The van der Waals surface area contributed by atoms with E-state index in [0.717, 1.165) is 0 Å². The zero-order chi connectivity index (χ0) is 18.8. The Bertz CT molecular complexity index is 1030. The predicted molar refractivity (Wildman–Crippen MR) is 103 cm³/mol. The number of nitrogen functional groups attached to an aromatic ring is 1. The van der Waals surface area contributed by atoms with Gasteiger partial charge in [0.15, 0.2) is 5.82 Å². The molecule has 0 amide bonds. The van der Waals surface area contributed by atoms with E-state index in [-0.39, 0.29) is 22.6 Å². The minimum atomic E-state index is -0.235. The van der Waals surface area contributed by atoms with E-state index in [9.17, 15) is 4.79 Å². The van der Waals surface area contributed by atoms with Crippen molar-refractivity contribution in [1.29, 1.82) is 0 Å². The number of nitrogens with zero attached hydrogens (tertiary/aromatic N) is 4. The van der Waals surface area contributed by atoms with E-state index in [1.54, 1.807) is 19.2 Å². The number of anilines is 1. The van der Waals surface area contributed by atoms with Crippen molar-refractivity contribution in [2.75, 3.05) is 12.8 Å². The van der Waals surface area contributed by atoms with Crippen molar-refractivity contribution >= 4 is 51.7 Å². The molecular weight excluding hydrogens is 397 g/mol. The molecule has 2 heterocycles. The number of halogens is 2. The second-order valence-corrected chi connectivity index (χ2v) is 7.30. The van der Waals surface area contributed by atoms with Gasteiger partial charge in [0.25, 0.3) is 5.56 Å². The summed E-state index contributed by atoms with van der Waals surface area (Å²) in [6.07, 6.45) is 2.76. The molecule has 0 spiro atoms. The van der Waals surface area contributed by atoms with Gasteiger partial charge < -0.3 is 10.5 Å². The molecule has 0 radical (unpaired) electrons. The van der Waals surface area contributed by atoms with E-state index in [0.29, 0.717) is 32.4 Å². The molecule has 0 saturated carbocycles. The third kappa shape index (κ3) is 3.78. The van der Waals surface area contributed by atoms with Gasteiger partial charge in [-0.3, -0.25) is 9.36 Å². The lowest BCUT2D eigenvalue weighted by molar-refractivity contribution is 0.102. The molecule has 0 aliphatic heterocycles. The molecule has 3 aromatic rings. The number of hydrogen-bond acceptors (Lipinski definition) is 7. The van der Waals surface area contributed by atoms with E-state index >= 15 is 0 Å². The zero-order valence-corrected chi connectivity index (χ0v) is 16.3. The SMILES string of the molecule is COC(C)Cn1cnc2ccc(Sc3ncc(Cl)nc3N)c(Cl)c2c1=O. The summed E-state index contributed by atoms with van der Waals surface area (Å²) in [6.45, 7) is 2.24. The van der Waals surface area contributed by atoms with E-state index in [1.165, 1.54) is 28.9 Å². The van der Waals surface area contributed by atoms with E-state index in [1.807, 2.05) is 6.92 Å². The maximum absolute atomic E-state index is 12.8. The van der Waals surface area contributed by atoms with E-state index in [4.69, 9.17) is 33.7 Å². The highest BCUT2D eigenvalue weighted by molar-refractivity contribution is 7.99. The average molecular weight is 412 g/mol. The Morgan fingerprint density at radius 2 is 2.12 bits per heavy atom. The fourth-order valence-corrected chi connectivity index (χ4v) is 3.59. The fourth-order valence-electron chi connectivity index (χ4n) is 2.30. The number of aromatic nitrogens is 4. The molecule has 0 aliphatic carbocycles. The standard InChI is InChI=1S/C16H15Cl2N5O2S/c1-8(25-2)6-23-7-21-9-3-4-10(13(18)12(9)16(23)24)26-15-14(19)22-11(17)5-20-15/h3-5,7-8H,6H2,1-2H3,(H2,19,22). The maximum atomic E-state index is 12.8. The van der Waals surface area contributed by atoms with Gasteiger partial charge in [0.1, 0.15) is 10.2 Å². The van der Waals surface area contributed by atoms with Crippen LogP contribution in [-0.4, -0.2) is 32.7 Å². The third-order valence-electron chi connectivity index (χ3n) is 3.69. The Balaban J connectivity index is 2.06. The van der Waals surface area contributed by atoms with Gasteiger partial charge >= 0.3 is 0 Å². The van der Waals surface area contributed by atoms with E-state index < -0.39 is 0 Å². The molecular formula is C16H15Cl2N5O2S. The molecule has 26 heavy (non-hydrogen) atoms. The molecule has 10 heteroatoms. The summed E-state index contributed by atoms with van der Waals surface area (Å²) in [5.74, 6) is 0.191. The Morgan fingerprint density at radius 1 is 1.35 bits per heavy atom. The van der Waals surface area contributed by atoms with Gasteiger partial charge in [-0.1, -0.05) is 35.0 Å². The van der Waals surface area contributed by atoms with Crippen molar-refractivity contribution in [1.82, 2.24) is 19.5 Å². The Morgan fingerprint density at radius 3 is 2.81 bits per heavy atom. The highest BCUT2D eigenvalue weighted by Gasteiger charge is 2.16. The number of benzene rings is 1. The van der Waals surface area contributed by atoms with Crippen molar-refractivity contribution < 1.29 is 4.74 Å². The monoisotopic (exact) mass is 411 g/mol. The molecule has 0 bridgehead atoms. The maximum Gasteiger partial charge on any atom is 0.262 e. The topological polar surface area (TPSA) is 95.9 Å². The largest absolute Gasteiger partial charge is 0.381 e. The number of rotatable bonds is 5. The van der Waals surface area contributed by atoms with Crippen molar-refractivity contribution in [3.05, 3.63) is 45.2 Å². The first-order chi connectivity index (χ1) is 12.4. The van der Waals surface area contributed by atoms with Crippen LogP contribution >= 0.6 is 35.0 Å². The van der Waals surface area contributed by atoms with Crippen LogP contribution in [0.2, 0.25) is 10.2 Å². The Kier molecular flexibility index (Phi) is 5.67. The summed E-state index contributed by atoms with van der Waals surface area (Å²) in [6, 6.07) is 3.49. The normalized spacial score (nSPS) is 12.5. The van der Waals surface area contributed by atoms with Gasteiger partial charge in [-0.15, -0.1) is 0 Å². The van der Waals surface area contributed by atoms with Crippen LogP contribution in [0.1, 0.15) is 6.92 Å². The van der Waals surface area contributed by atoms with Crippen molar-refractivity contribution in [2.24, 2.45) is 0 Å². The molecule has 1 unspecified atom stereocenters. The molecule has 7 nitrogen and oxygen atoms in total. The minimum absolute atomic E-state index is 0.132. The third-order valence-corrected chi connectivity index (χ3v) is 5.45. The molecule has 2 aromatic heterocycles. The first-order valence-corrected chi connectivity index (χ1v) is 9.14. The summed E-state index contributed by atoms with van der Waals surface area (Å²) in [4.78, 5) is 25.9. The molecule has 0 saturated heterocycles. The second kappa shape index (κ2) is 7.79. The Labute approximate surface area is 163 Å². The lowest BCUT2D eigenvalue weighted by Crippen LogP contribution is -2.26. The summed E-state index contributed by atoms with van der Waals surface area (Å²) in [7, 11) is 1.59. The van der Waals surface area contributed by atoms with Crippen LogP contribution in [0, 0.1) is 0 Å². The van der Waals surface area contributed by atoms with Crippen LogP contribution in [0.4, 0.5) is 5.82 Å². The van der Waals surface area contributed by atoms with Crippen molar-refractivity contribution in [3.8, 4) is 0 Å². The van der Waals surface area contributed by atoms with Gasteiger partial charge in [-0.2, -0.15) is 0 Å². The molecule has 0 aliphatic rings. The van der Waals surface area contributed by atoms with Gasteiger partial charge in [-0.25, -0.2) is 15.0 Å². The summed E-state index contributed by atoms with van der Waals surface area (Å²) in [5.41, 5.74) is 6.12. The molecule has 0 fully saturated rings. The van der Waals surface area contributed by atoms with Gasteiger partial charge in [0, 0.05) is 12.0 Å². The summed E-state index contributed by atoms with van der Waals surface area (Å²) >= 11 is 13.5. The first-order valence-electron chi connectivity index (χ1n) is 7.57. The van der Waals surface area contributed by atoms with Crippen LogP contribution in [0.5, 0.6) is 0 Å². The Hall–Kier alpha value is -1.87. The van der Waals surface area contributed by atoms with Crippen LogP contribution in [-0.2, 0) is 11.3 Å². The van der Waals surface area contributed by atoms with Crippen LogP contribution < -0.4 is 11.3 Å². The number of methoxy groups -OCH3 is 1. The lowest BCUT2D eigenvalue weighted by atomic mass is 10.2.